The number of hydrogen-bond acceptors (Lipinski definition) is 4. The molecule has 0 fully saturated rings. The third kappa shape index (κ3) is 5.00. The Morgan fingerprint density at radius 3 is 2.90 bits per heavy atom. The third-order valence-electron chi connectivity index (χ3n) is 0.569. The van der Waals surface area contributed by atoms with Gasteiger partial charge in [-0.2, -0.15) is 5.26 Å². The summed E-state index contributed by atoms with van der Waals surface area (Å²) in [6.45, 7) is 0. The normalized spacial score (nSPS) is 10.5. The number of carbonyl (C=O) groups is 1. The first-order valence-electron chi connectivity index (χ1n) is 2.36. The number of hydrogen-bond donors (Lipinski definition) is 2. The number of thioether (sulfide) groups is 1. The molecule has 3 N–H and O–H groups in total. The van der Waals surface area contributed by atoms with Gasteiger partial charge in [-0.1, -0.05) is 11.8 Å². The molecule has 0 aromatic carbocycles. The van der Waals surface area contributed by atoms with Crippen molar-refractivity contribution >= 4 is 17.7 Å². The summed E-state index contributed by atoms with van der Waals surface area (Å²) in [5.41, 5.74) is 5.17. The number of rotatable bonds is 3. The molecule has 0 aromatic heterocycles. The van der Waals surface area contributed by atoms with Crippen LogP contribution in [0.1, 0.15) is 0 Å². The van der Waals surface area contributed by atoms with Gasteiger partial charge in [0.05, 0.1) is 16.9 Å². The van der Waals surface area contributed by atoms with Crippen molar-refractivity contribution in [1.82, 2.24) is 0 Å². The van der Waals surface area contributed by atoms with Crippen LogP contribution in [0.15, 0.2) is 11.1 Å². The average molecular weight is 158 g/mol. The smallest absolute Gasteiger partial charge is 0.313 e. The van der Waals surface area contributed by atoms with Crippen LogP contribution >= 0.6 is 11.8 Å². The predicted octanol–water partition coefficient (Wildman–Crippen LogP) is 0.128. The van der Waals surface area contributed by atoms with E-state index in [9.17, 15) is 4.79 Å². The van der Waals surface area contributed by atoms with Gasteiger partial charge in [0.1, 0.15) is 0 Å². The van der Waals surface area contributed by atoms with E-state index in [1.165, 1.54) is 0 Å². The van der Waals surface area contributed by atoms with Crippen molar-refractivity contribution in [2.45, 2.75) is 0 Å². The summed E-state index contributed by atoms with van der Waals surface area (Å²) in [6.07, 6.45) is 1.10. The van der Waals surface area contributed by atoms with E-state index in [0.29, 0.717) is 0 Å². The van der Waals surface area contributed by atoms with Crippen LogP contribution in [0.5, 0.6) is 0 Å². The van der Waals surface area contributed by atoms with Crippen molar-refractivity contribution in [3.63, 3.8) is 0 Å². The average Bonchev–Trinajstić information content (AvgIpc) is 1.85. The molecule has 0 aliphatic rings. The highest BCUT2D eigenvalue weighted by Gasteiger charge is 1.97. The first-order valence-corrected chi connectivity index (χ1v) is 3.35. The van der Waals surface area contributed by atoms with Crippen LogP contribution in [-0.4, -0.2) is 16.8 Å². The highest BCUT2D eigenvalue weighted by Crippen LogP contribution is 2.07. The fraction of sp³-hybridized carbons (Fsp3) is 0.200. The second-order valence-electron chi connectivity index (χ2n) is 1.36. The van der Waals surface area contributed by atoms with Gasteiger partial charge in [-0.05, 0) is 0 Å². The van der Waals surface area contributed by atoms with Crippen LogP contribution in [0, 0.1) is 11.3 Å². The molecule has 4 nitrogen and oxygen atoms in total. The Morgan fingerprint density at radius 2 is 2.50 bits per heavy atom. The largest absolute Gasteiger partial charge is 0.481 e. The quantitative estimate of drug-likeness (QED) is 0.570. The standard InChI is InChI=1S/C5H6N2O2S/c6-2-1-4(7)10-3-5(8)9/h1H,3,7H2,(H,8,9)/b4-1-. The Morgan fingerprint density at radius 1 is 1.90 bits per heavy atom. The summed E-state index contributed by atoms with van der Waals surface area (Å²) in [4.78, 5) is 9.92. The van der Waals surface area contributed by atoms with E-state index < -0.39 is 5.97 Å². The van der Waals surface area contributed by atoms with Crippen LogP contribution < -0.4 is 5.73 Å². The molecule has 0 heterocycles. The van der Waals surface area contributed by atoms with Crippen LogP contribution in [-0.2, 0) is 4.79 Å². The summed E-state index contributed by atoms with van der Waals surface area (Å²) < 4.78 is 0. The fourth-order valence-electron chi connectivity index (χ4n) is 0.250. The molecule has 0 saturated heterocycles. The van der Waals surface area contributed by atoms with Gasteiger partial charge in [-0.15, -0.1) is 0 Å². The zero-order chi connectivity index (χ0) is 7.98. The Hall–Kier alpha value is -1.15. The zero-order valence-corrected chi connectivity index (χ0v) is 5.89. The molecule has 0 aliphatic heterocycles. The number of carboxylic acid groups (broad SMARTS) is 1. The van der Waals surface area contributed by atoms with Crippen molar-refractivity contribution in [1.29, 1.82) is 5.26 Å². The van der Waals surface area contributed by atoms with Crippen molar-refractivity contribution < 1.29 is 9.90 Å². The minimum absolute atomic E-state index is 0.107. The molecular weight excluding hydrogens is 152 g/mol. The van der Waals surface area contributed by atoms with Gasteiger partial charge >= 0.3 is 5.97 Å². The number of nitriles is 1. The Bertz CT molecular complexity index is 194. The lowest BCUT2D eigenvalue weighted by Crippen LogP contribution is -2.01. The Kier molecular flexibility index (Phi) is 4.16. The predicted molar refractivity (Wildman–Crippen MR) is 38.0 cm³/mol. The maximum atomic E-state index is 9.92. The summed E-state index contributed by atoms with van der Waals surface area (Å²) in [5.74, 6) is -1.05. The lowest BCUT2D eigenvalue weighted by atomic mass is 10.7. The molecule has 0 rings (SSSR count). The van der Waals surface area contributed by atoms with E-state index in [2.05, 4.69) is 0 Å². The molecule has 0 aromatic rings. The molecular formula is C5H6N2O2S. The van der Waals surface area contributed by atoms with Crippen LogP contribution in [0.25, 0.3) is 0 Å². The monoisotopic (exact) mass is 158 g/mol. The van der Waals surface area contributed by atoms with Gasteiger partial charge in [-0.25, -0.2) is 0 Å². The summed E-state index contributed by atoms with van der Waals surface area (Å²) in [7, 11) is 0. The maximum absolute atomic E-state index is 9.92. The molecule has 0 aliphatic carbocycles. The van der Waals surface area contributed by atoms with E-state index in [-0.39, 0.29) is 10.8 Å². The van der Waals surface area contributed by atoms with Crippen LogP contribution in [0.4, 0.5) is 0 Å². The number of nitrogens with zero attached hydrogens (tertiary/aromatic N) is 1. The number of allylic oxidation sites excluding steroid dienone is 1. The van der Waals surface area contributed by atoms with E-state index >= 15 is 0 Å². The molecule has 0 bridgehead atoms. The van der Waals surface area contributed by atoms with Crippen molar-refractivity contribution in [2.24, 2.45) is 5.73 Å². The van der Waals surface area contributed by atoms with Gasteiger partial charge < -0.3 is 10.8 Å². The Labute approximate surface area is 62.3 Å². The van der Waals surface area contributed by atoms with Crippen molar-refractivity contribution in [3.8, 4) is 6.07 Å². The first-order chi connectivity index (χ1) is 4.66. The molecule has 0 spiro atoms. The second kappa shape index (κ2) is 4.70. The van der Waals surface area contributed by atoms with E-state index in [0.717, 1.165) is 17.8 Å². The zero-order valence-electron chi connectivity index (χ0n) is 5.07. The van der Waals surface area contributed by atoms with E-state index in [1.807, 2.05) is 0 Å². The summed E-state index contributed by atoms with van der Waals surface area (Å²) in [6, 6.07) is 1.69. The SMILES string of the molecule is N#C/C=C(/N)SCC(=O)O. The number of nitrogens with two attached hydrogens (primary N) is 1. The summed E-state index contributed by atoms with van der Waals surface area (Å²) >= 11 is 0.926. The minimum Gasteiger partial charge on any atom is -0.481 e. The van der Waals surface area contributed by atoms with Crippen molar-refractivity contribution in [2.75, 3.05) is 5.75 Å². The van der Waals surface area contributed by atoms with Crippen LogP contribution in [0.2, 0.25) is 0 Å². The lowest BCUT2D eigenvalue weighted by molar-refractivity contribution is -0.133. The second-order valence-corrected chi connectivity index (χ2v) is 2.41. The summed E-state index contributed by atoms with van der Waals surface area (Å²) in [5, 5.41) is 16.4. The maximum Gasteiger partial charge on any atom is 0.313 e. The van der Waals surface area contributed by atoms with Gasteiger partial charge in [0.25, 0.3) is 0 Å². The molecule has 0 amide bonds. The highest BCUT2D eigenvalue weighted by molar-refractivity contribution is 8.03. The van der Waals surface area contributed by atoms with Gasteiger partial charge in [0, 0.05) is 6.08 Å². The molecule has 0 saturated carbocycles. The van der Waals surface area contributed by atoms with Gasteiger partial charge in [0.15, 0.2) is 0 Å². The molecule has 54 valence electrons. The lowest BCUT2D eigenvalue weighted by Gasteiger charge is -1.92. The number of aliphatic carboxylic acids is 1. The van der Waals surface area contributed by atoms with E-state index in [1.54, 1.807) is 6.07 Å². The van der Waals surface area contributed by atoms with Gasteiger partial charge in [0.2, 0.25) is 0 Å². The molecule has 0 radical (unpaired) electrons. The molecule has 0 atom stereocenters. The molecule has 10 heavy (non-hydrogen) atoms. The van der Waals surface area contributed by atoms with Crippen molar-refractivity contribution in [3.05, 3.63) is 11.1 Å². The number of carboxylic acids is 1. The minimum atomic E-state index is -0.945. The van der Waals surface area contributed by atoms with E-state index in [4.69, 9.17) is 16.1 Å². The van der Waals surface area contributed by atoms with Crippen LogP contribution in [0.3, 0.4) is 0 Å². The molecule has 5 heteroatoms. The Balaban J connectivity index is 3.62. The van der Waals surface area contributed by atoms with Gasteiger partial charge in [-0.3, -0.25) is 4.79 Å². The topological polar surface area (TPSA) is 87.1 Å². The highest BCUT2D eigenvalue weighted by atomic mass is 32.2. The first kappa shape index (κ1) is 8.85. The fourth-order valence-corrected chi connectivity index (χ4v) is 0.677. The molecule has 0 unspecified atom stereocenters. The third-order valence-corrected chi connectivity index (χ3v) is 1.41.